The fourth-order valence-electron chi connectivity index (χ4n) is 5.56. The highest BCUT2D eigenvalue weighted by atomic mass is 16.5. The van der Waals surface area contributed by atoms with Crippen LogP contribution in [0.3, 0.4) is 0 Å². The summed E-state index contributed by atoms with van der Waals surface area (Å²) in [5, 5.41) is 10.6. The summed E-state index contributed by atoms with van der Waals surface area (Å²) in [6.07, 6.45) is 6.49. The molecule has 29 heavy (non-hydrogen) atoms. The number of hydrogen-bond donors (Lipinski definition) is 1. The van der Waals surface area contributed by atoms with E-state index in [-0.39, 0.29) is 65.4 Å². The van der Waals surface area contributed by atoms with Crippen LogP contribution in [-0.2, 0) is 23.9 Å². The Kier molecular flexibility index (Phi) is 5.40. The molecule has 2 fully saturated rings. The minimum atomic E-state index is -0.629. The van der Waals surface area contributed by atoms with Crippen molar-refractivity contribution in [3.63, 3.8) is 0 Å². The van der Waals surface area contributed by atoms with Gasteiger partial charge in [0.25, 0.3) is 0 Å². The minimum absolute atomic E-state index is 0.0467. The third-order valence-electron chi connectivity index (χ3n) is 7.02. The molecular formula is C23H30O6. The molecule has 0 aromatic rings. The first-order valence-electron chi connectivity index (χ1n) is 10.8. The van der Waals surface area contributed by atoms with E-state index in [9.17, 15) is 19.5 Å². The molecule has 1 saturated heterocycles. The Morgan fingerprint density at radius 3 is 2.62 bits per heavy atom. The number of ketones is 1. The molecule has 5 rings (SSSR count). The van der Waals surface area contributed by atoms with Crippen LogP contribution in [0.4, 0.5) is 0 Å². The van der Waals surface area contributed by atoms with Crippen LogP contribution < -0.4 is 0 Å². The second-order valence-corrected chi connectivity index (χ2v) is 9.50. The standard InChI is InChI=1S/C23H30O6/c1-11(2)22(26)29-21-12(3)6-18-16(21)5-4-13-7-14(24)8-15-9-20(25)19(10-17(13)18)23(27)28-15/h4-5,10-18,21,24H,6-9H2,1-3H3/b19-10+/t12-,13+,14+,15-,16-,17-,18-,21-/m1/s1. The van der Waals surface area contributed by atoms with Gasteiger partial charge in [-0.05, 0) is 36.5 Å². The zero-order valence-corrected chi connectivity index (χ0v) is 17.2. The average molecular weight is 402 g/mol. The Morgan fingerprint density at radius 1 is 1.17 bits per heavy atom. The average Bonchev–Trinajstić information content (AvgIpc) is 2.94. The van der Waals surface area contributed by atoms with Crippen LogP contribution in [0.25, 0.3) is 0 Å². The van der Waals surface area contributed by atoms with Gasteiger partial charge in [-0.25, -0.2) is 4.79 Å². The Hall–Kier alpha value is -1.95. The van der Waals surface area contributed by atoms with Gasteiger partial charge in [-0.3, -0.25) is 9.59 Å². The Balaban J connectivity index is 1.68. The molecule has 1 N–H and O–H groups in total. The molecule has 3 aliphatic carbocycles. The molecule has 8 atom stereocenters. The molecule has 0 unspecified atom stereocenters. The van der Waals surface area contributed by atoms with E-state index in [1.807, 2.05) is 13.8 Å². The number of ether oxygens (including phenoxy) is 2. The van der Waals surface area contributed by atoms with Crippen molar-refractivity contribution in [2.24, 2.45) is 35.5 Å². The van der Waals surface area contributed by atoms with Crippen molar-refractivity contribution >= 4 is 17.7 Å². The smallest absolute Gasteiger partial charge is 0.341 e. The molecule has 0 radical (unpaired) electrons. The summed E-state index contributed by atoms with van der Waals surface area (Å²) >= 11 is 0. The van der Waals surface area contributed by atoms with E-state index in [0.717, 1.165) is 6.42 Å². The third-order valence-corrected chi connectivity index (χ3v) is 7.02. The van der Waals surface area contributed by atoms with E-state index >= 15 is 0 Å². The number of Topliss-reactive ketones (excluding diaryl/α,β-unsaturated/α-hetero) is 1. The number of aliphatic hydroxyl groups excluding tert-OH is 1. The molecule has 6 nitrogen and oxygen atoms in total. The summed E-state index contributed by atoms with van der Waals surface area (Å²) < 4.78 is 11.2. The van der Waals surface area contributed by atoms with E-state index in [1.54, 1.807) is 6.08 Å². The van der Waals surface area contributed by atoms with Crippen molar-refractivity contribution in [2.45, 2.75) is 64.8 Å². The monoisotopic (exact) mass is 402 g/mol. The maximum Gasteiger partial charge on any atom is 0.341 e. The van der Waals surface area contributed by atoms with Gasteiger partial charge in [-0.1, -0.05) is 39.0 Å². The number of aliphatic hydroxyl groups is 1. The number of fused-ring (bicyclic) bond motifs is 5. The van der Waals surface area contributed by atoms with Gasteiger partial charge in [0, 0.05) is 18.8 Å². The largest absolute Gasteiger partial charge is 0.461 e. The molecule has 0 spiro atoms. The van der Waals surface area contributed by atoms with Gasteiger partial charge >= 0.3 is 11.9 Å². The van der Waals surface area contributed by atoms with E-state index < -0.39 is 18.2 Å². The molecule has 2 heterocycles. The van der Waals surface area contributed by atoms with Crippen LogP contribution in [0.5, 0.6) is 0 Å². The van der Waals surface area contributed by atoms with E-state index in [2.05, 4.69) is 19.1 Å². The first-order valence-corrected chi connectivity index (χ1v) is 10.8. The van der Waals surface area contributed by atoms with Crippen molar-refractivity contribution in [1.82, 2.24) is 0 Å². The number of carbonyl (C=O) groups excluding carboxylic acids is 3. The van der Waals surface area contributed by atoms with Gasteiger partial charge in [0.2, 0.25) is 0 Å². The fraction of sp³-hybridized carbons (Fsp3) is 0.696. The summed E-state index contributed by atoms with van der Waals surface area (Å²) in [5.41, 5.74) is 0.150. The predicted molar refractivity (Wildman–Crippen MR) is 104 cm³/mol. The van der Waals surface area contributed by atoms with Gasteiger partial charge in [0.15, 0.2) is 5.78 Å². The van der Waals surface area contributed by atoms with E-state index in [4.69, 9.17) is 9.47 Å². The van der Waals surface area contributed by atoms with Crippen LogP contribution >= 0.6 is 0 Å². The first kappa shape index (κ1) is 20.3. The van der Waals surface area contributed by atoms with Crippen LogP contribution in [0.15, 0.2) is 23.8 Å². The van der Waals surface area contributed by atoms with Crippen molar-refractivity contribution in [3.8, 4) is 0 Å². The Labute approximate surface area is 171 Å². The molecule has 0 aromatic carbocycles. The molecule has 1 saturated carbocycles. The second-order valence-electron chi connectivity index (χ2n) is 9.50. The van der Waals surface area contributed by atoms with Crippen molar-refractivity contribution in [2.75, 3.05) is 0 Å². The normalized spacial score (nSPS) is 43.3. The molecule has 0 amide bonds. The van der Waals surface area contributed by atoms with Crippen LogP contribution in [-0.4, -0.2) is 41.1 Å². The SMILES string of the molecule is CC(C)C(=O)O[C@H]1[C@@H]2C=C[C@H]3C[C@H](O)C[C@@H]4CC(=O)/C(=C\[C@H]3[C@@H]2C[C@H]1C)C(=O)O4. The number of carbonyl (C=O) groups is 3. The van der Waals surface area contributed by atoms with Crippen molar-refractivity contribution < 1.29 is 29.0 Å². The van der Waals surface area contributed by atoms with E-state index in [1.165, 1.54) is 0 Å². The maximum atomic E-state index is 12.6. The summed E-state index contributed by atoms with van der Waals surface area (Å²) in [4.78, 5) is 37.3. The molecule has 2 aliphatic heterocycles. The topological polar surface area (TPSA) is 89.9 Å². The number of hydrogen-bond acceptors (Lipinski definition) is 6. The zero-order valence-electron chi connectivity index (χ0n) is 17.2. The lowest BCUT2D eigenvalue weighted by Gasteiger charge is -2.39. The quantitative estimate of drug-likeness (QED) is 0.434. The predicted octanol–water partition coefficient (Wildman–Crippen LogP) is 2.59. The minimum Gasteiger partial charge on any atom is -0.461 e. The molecular weight excluding hydrogens is 372 g/mol. The summed E-state index contributed by atoms with van der Waals surface area (Å²) in [5.74, 6) is -0.775. The van der Waals surface area contributed by atoms with Gasteiger partial charge in [0.1, 0.15) is 12.2 Å². The van der Waals surface area contributed by atoms with Crippen molar-refractivity contribution in [3.05, 3.63) is 23.8 Å². The lowest BCUT2D eigenvalue weighted by Crippen LogP contribution is -2.40. The molecule has 158 valence electrons. The lowest BCUT2D eigenvalue weighted by molar-refractivity contribution is -0.156. The van der Waals surface area contributed by atoms with Crippen LogP contribution in [0, 0.1) is 35.5 Å². The molecule has 5 aliphatic rings. The molecule has 0 aromatic heterocycles. The van der Waals surface area contributed by atoms with E-state index in [0.29, 0.717) is 12.8 Å². The van der Waals surface area contributed by atoms with Crippen molar-refractivity contribution in [1.29, 1.82) is 0 Å². The van der Waals surface area contributed by atoms with Gasteiger partial charge < -0.3 is 14.6 Å². The van der Waals surface area contributed by atoms with Gasteiger partial charge in [-0.2, -0.15) is 0 Å². The Bertz CT molecular complexity index is 745. The molecule has 6 heteroatoms. The summed E-state index contributed by atoms with van der Waals surface area (Å²) in [6.45, 7) is 5.74. The number of esters is 2. The first-order chi connectivity index (χ1) is 13.7. The van der Waals surface area contributed by atoms with Crippen LogP contribution in [0.1, 0.15) is 46.5 Å². The van der Waals surface area contributed by atoms with Gasteiger partial charge in [0.05, 0.1) is 17.6 Å². The summed E-state index contributed by atoms with van der Waals surface area (Å²) in [6, 6.07) is 0. The highest BCUT2D eigenvalue weighted by molar-refractivity contribution is 6.18. The molecule has 2 bridgehead atoms. The lowest BCUT2D eigenvalue weighted by atomic mass is 9.68. The highest BCUT2D eigenvalue weighted by Crippen LogP contribution is 2.50. The van der Waals surface area contributed by atoms with Crippen LogP contribution in [0.2, 0.25) is 0 Å². The highest BCUT2D eigenvalue weighted by Gasteiger charge is 2.49. The zero-order chi connectivity index (χ0) is 20.9. The fourth-order valence-corrected chi connectivity index (χ4v) is 5.56. The number of allylic oxidation sites excluding steroid dienone is 2. The maximum absolute atomic E-state index is 12.6. The summed E-state index contributed by atoms with van der Waals surface area (Å²) in [7, 11) is 0. The Morgan fingerprint density at radius 2 is 1.93 bits per heavy atom. The number of rotatable bonds is 2. The third kappa shape index (κ3) is 3.79. The van der Waals surface area contributed by atoms with Gasteiger partial charge in [-0.15, -0.1) is 0 Å². The second kappa shape index (κ2) is 7.71.